The van der Waals surface area contributed by atoms with E-state index in [1.807, 2.05) is 19.2 Å². The molecule has 2 nitrogen and oxygen atoms in total. The van der Waals surface area contributed by atoms with Crippen LogP contribution < -0.4 is 0 Å². The van der Waals surface area contributed by atoms with Crippen molar-refractivity contribution >= 4 is 11.3 Å². The SMILES string of the molecule is Cc1ccc(F)c(C(O)Cc2nc(C)cs2)c1. The number of hydrogen-bond acceptors (Lipinski definition) is 3. The van der Waals surface area contributed by atoms with E-state index in [0.29, 0.717) is 12.0 Å². The van der Waals surface area contributed by atoms with Crippen molar-refractivity contribution in [1.82, 2.24) is 4.98 Å². The van der Waals surface area contributed by atoms with Crippen molar-refractivity contribution in [2.75, 3.05) is 0 Å². The first-order chi connectivity index (χ1) is 8.06. The van der Waals surface area contributed by atoms with Gasteiger partial charge in [0.1, 0.15) is 5.82 Å². The molecule has 0 aliphatic carbocycles. The van der Waals surface area contributed by atoms with Gasteiger partial charge >= 0.3 is 0 Å². The molecule has 1 unspecified atom stereocenters. The third-order valence-corrected chi connectivity index (χ3v) is 3.53. The Hall–Kier alpha value is -1.26. The Morgan fingerprint density at radius 3 is 2.82 bits per heavy atom. The van der Waals surface area contributed by atoms with Crippen molar-refractivity contribution in [2.24, 2.45) is 0 Å². The summed E-state index contributed by atoms with van der Waals surface area (Å²) in [5.74, 6) is -0.364. The normalized spacial score (nSPS) is 12.7. The Balaban J connectivity index is 2.19. The predicted octanol–water partition coefficient (Wildman–Crippen LogP) is 3.18. The molecule has 1 aromatic heterocycles. The molecular weight excluding hydrogens is 237 g/mol. The predicted molar refractivity (Wildman–Crippen MR) is 66.7 cm³/mol. The third-order valence-electron chi connectivity index (χ3n) is 2.55. The minimum absolute atomic E-state index is 0.345. The molecule has 0 aliphatic rings. The summed E-state index contributed by atoms with van der Waals surface area (Å²) >= 11 is 1.49. The van der Waals surface area contributed by atoms with E-state index < -0.39 is 6.10 Å². The van der Waals surface area contributed by atoms with Gasteiger partial charge in [-0.2, -0.15) is 0 Å². The van der Waals surface area contributed by atoms with Crippen LogP contribution in [-0.2, 0) is 6.42 Å². The van der Waals surface area contributed by atoms with Gasteiger partial charge < -0.3 is 5.11 Å². The number of halogens is 1. The summed E-state index contributed by atoms with van der Waals surface area (Å²) in [5, 5.41) is 12.8. The number of nitrogens with zero attached hydrogens (tertiary/aromatic N) is 1. The van der Waals surface area contributed by atoms with Gasteiger partial charge in [-0.1, -0.05) is 17.7 Å². The lowest BCUT2D eigenvalue weighted by Gasteiger charge is -2.11. The number of aliphatic hydroxyl groups excluding tert-OH is 1. The quantitative estimate of drug-likeness (QED) is 0.909. The summed E-state index contributed by atoms with van der Waals surface area (Å²) in [6.07, 6.45) is -0.473. The van der Waals surface area contributed by atoms with E-state index in [1.165, 1.54) is 17.4 Å². The summed E-state index contributed by atoms with van der Waals surface area (Å²) < 4.78 is 13.6. The Bertz CT molecular complexity index is 524. The molecule has 0 radical (unpaired) electrons. The Kier molecular flexibility index (Phi) is 3.54. The smallest absolute Gasteiger partial charge is 0.129 e. The second kappa shape index (κ2) is 4.94. The number of aromatic nitrogens is 1. The van der Waals surface area contributed by atoms with Crippen LogP contribution in [0.25, 0.3) is 0 Å². The fourth-order valence-electron chi connectivity index (χ4n) is 1.69. The van der Waals surface area contributed by atoms with E-state index in [9.17, 15) is 9.50 Å². The second-order valence-corrected chi connectivity index (χ2v) is 5.07. The number of benzene rings is 1. The van der Waals surface area contributed by atoms with Crippen molar-refractivity contribution in [3.05, 3.63) is 51.2 Å². The Morgan fingerprint density at radius 2 is 2.18 bits per heavy atom. The van der Waals surface area contributed by atoms with Crippen LogP contribution in [0.4, 0.5) is 4.39 Å². The number of aliphatic hydroxyl groups is 1. The van der Waals surface area contributed by atoms with E-state index in [2.05, 4.69) is 4.98 Å². The van der Waals surface area contributed by atoms with Gasteiger partial charge in [0.2, 0.25) is 0 Å². The van der Waals surface area contributed by atoms with E-state index in [4.69, 9.17) is 0 Å². The summed E-state index contributed by atoms with van der Waals surface area (Å²) in [6.45, 7) is 3.78. The molecule has 0 fully saturated rings. The summed E-state index contributed by atoms with van der Waals surface area (Å²) in [7, 11) is 0. The average molecular weight is 251 g/mol. The van der Waals surface area contributed by atoms with E-state index >= 15 is 0 Å². The molecule has 1 atom stereocenters. The number of rotatable bonds is 3. The van der Waals surface area contributed by atoms with Gasteiger partial charge in [0.05, 0.1) is 11.1 Å². The van der Waals surface area contributed by atoms with E-state index in [0.717, 1.165) is 16.3 Å². The molecule has 0 saturated heterocycles. The highest BCUT2D eigenvalue weighted by molar-refractivity contribution is 7.09. The molecule has 17 heavy (non-hydrogen) atoms. The molecule has 0 amide bonds. The molecule has 2 rings (SSSR count). The zero-order valence-electron chi connectivity index (χ0n) is 9.77. The second-order valence-electron chi connectivity index (χ2n) is 4.13. The van der Waals surface area contributed by atoms with Crippen LogP contribution in [0.2, 0.25) is 0 Å². The van der Waals surface area contributed by atoms with Crippen LogP contribution >= 0.6 is 11.3 Å². The maximum atomic E-state index is 13.6. The molecule has 2 aromatic rings. The summed E-state index contributed by atoms with van der Waals surface area (Å²) in [4.78, 5) is 4.26. The van der Waals surface area contributed by atoms with Crippen LogP contribution in [0.15, 0.2) is 23.6 Å². The summed E-state index contributed by atoms with van der Waals surface area (Å²) in [6, 6.07) is 4.76. The molecule has 0 spiro atoms. The van der Waals surface area contributed by atoms with Crippen LogP contribution in [0.5, 0.6) is 0 Å². The lowest BCUT2D eigenvalue weighted by Crippen LogP contribution is -2.04. The number of hydrogen-bond donors (Lipinski definition) is 1. The van der Waals surface area contributed by atoms with Crippen molar-refractivity contribution in [2.45, 2.75) is 26.4 Å². The maximum Gasteiger partial charge on any atom is 0.129 e. The fourth-order valence-corrected chi connectivity index (χ4v) is 2.50. The molecule has 1 aromatic carbocycles. The van der Waals surface area contributed by atoms with Gasteiger partial charge in [0.25, 0.3) is 0 Å². The lowest BCUT2D eigenvalue weighted by molar-refractivity contribution is 0.173. The molecule has 1 heterocycles. The third kappa shape index (κ3) is 2.90. The topological polar surface area (TPSA) is 33.1 Å². The zero-order valence-corrected chi connectivity index (χ0v) is 10.6. The van der Waals surface area contributed by atoms with Gasteiger partial charge in [-0.25, -0.2) is 9.37 Å². The van der Waals surface area contributed by atoms with Crippen LogP contribution in [0.3, 0.4) is 0 Å². The number of aryl methyl sites for hydroxylation is 2. The molecule has 0 bridgehead atoms. The minimum Gasteiger partial charge on any atom is -0.388 e. The maximum absolute atomic E-state index is 13.6. The van der Waals surface area contributed by atoms with Crippen molar-refractivity contribution in [3.8, 4) is 0 Å². The Morgan fingerprint density at radius 1 is 1.41 bits per heavy atom. The van der Waals surface area contributed by atoms with Gasteiger partial charge in [0, 0.05) is 23.1 Å². The van der Waals surface area contributed by atoms with Crippen LogP contribution in [0.1, 0.15) is 27.9 Å². The molecule has 1 N–H and O–H groups in total. The zero-order chi connectivity index (χ0) is 12.4. The monoisotopic (exact) mass is 251 g/mol. The highest BCUT2D eigenvalue weighted by Gasteiger charge is 2.15. The first-order valence-electron chi connectivity index (χ1n) is 5.41. The van der Waals surface area contributed by atoms with Crippen LogP contribution in [0, 0.1) is 19.7 Å². The molecule has 0 saturated carbocycles. The molecule has 0 aliphatic heterocycles. The average Bonchev–Trinajstić information content (AvgIpc) is 2.67. The molecular formula is C13H14FNOS. The van der Waals surface area contributed by atoms with Crippen molar-refractivity contribution in [3.63, 3.8) is 0 Å². The highest BCUT2D eigenvalue weighted by Crippen LogP contribution is 2.23. The van der Waals surface area contributed by atoms with E-state index in [-0.39, 0.29) is 5.82 Å². The number of thiazole rings is 1. The minimum atomic E-state index is -0.833. The van der Waals surface area contributed by atoms with Gasteiger partial charge in [-0.05, 0) is 19.9 Å². The van der Waals surface area contributed by atoms with Gasteiger partial charge in [0.15, 0.2) is 0 Å². The van der Waals surface area contributed by atoms with Crippen molar-refractivity contribution in [1.29, 1.82) is 0 Å². The molecule has 4 heteroatoms. The highest BCUT2D eigenvalue weighted by atomic mass is 32.1. The lowest BCUT2D eigenvalue weighted by atomic mass is 10.0. The standard InChI is InChI=1S/C13H14FNOS/c1-8-3-4-11(14)10(5-8)12(16)6-13-15-9(2)7-17-13/h3-5,7,12,16H,6H2,1-2H3. The largest absolute Gasteiger partial charge is 0.388 e. The first kappa shape index (κ1) is 12.2. The van der Waals surface area contributed by atoms with Gasteiger partial charge in [-0.15, -0.1) is 11.3 Å². The Labute approximate surface area is 104 Å². The van der Waals surface area contributed by atoms with E-state index in [1.54, 1.807) is 12.1 Å². The summed E-state index contributed by atoms with van der Waals surface area (Å²) in [5.41, 5.74) is 2.22. The van der Waals surface area contributed by atoms with Crippen LogP contribution in [-0.4, -0.2) is 10.1 Å². The van der Waals surface area contributed by atoms with Crippen molar-refractivity contribution < 1.29 is 9.50 Å². The first-order valence-corrected chi connectivity index (χ1v) is 6.29. The van der Waals surface area contributed by atoms with Gasteiger partial charge in [-0.3, -0.25) is 0 Å². The fraction of sp³-hybridized carbons (Fsp3) is 0.308. The molecule has 90 valence electrons.